The Bertz CT molecular complexity index is 836. The van der Waals surface area contributed by atoms with Crippen molar-refractivity contribution < 1.29 is 66.9 Å². The third-order valence-corrected chi connectivity index (χ3v) is 3.50. The van der Waals surface area contributed by atoms with Crippen molar-refractivity contribution in [1.29, 1.82) is 0 Å². The van der Waals surface area contributed by atoms with Crippen molar-refractivity contribution in [3.8, 4) is 0 Å². The predicted octanol–water partition coefficient (Wildman–Crippen LogP) is -7.93. The van der Waals surface area contributed by atoms with Crippen LogP contribution >= 0.6 is 0 Å². The lowest BCUT2D eigenvalue weighted by Crippen LogP contribution is -2.68. The Labute approximate surface area is 171 Å². The van der Waals surface area contributed by atoms with E-state index in [1.54, 1.807) is 0 Å². The summed E-state index contributed by atoms with van der Waals surface area (Å²) in [6.45, 7) is 2.09. The fraction of sp³-hybridized carbons (Fsp3) is 0.250. The number of pyridine rings is 1. The highest BCUT2D eigenvalue weighted by Crippen LogP contribution is 2.10. The van der Waals surface area contributed by atoms with Crippen LogP contribution in [-0.2, 0) is 0 Å². The van der Waals surface area contributed by atoms with Gasteiger partial charge in [-0.05, 0) is 12.1 Å². The molecule has 1 aromatic carbocycles. The largest absolute Gasteiger partial charge is 0.369 e. The predicted molar refractivity (Wildman–Crippen MR) is 78.2 cm³/mol. The second-order valence-corrected chi connectivity index (χ2v) is 7.35. The van der Waals surface area contributed by atoms with E-state index in [0.717, 1.165) is 13.1 Å². The summed E-state index contributed by atoms with van der Waals surface area (Å²) in [4.78, 5) is 2.24. The molecule has 11 nitrogen and oxygen atoms in total. The summed E-state index contributed by atoms with van der Waals surface area (Å²) in [5.74, 6) is 0. The van der Waals surface area contributed by atoms with Gasteiger partial charge in [0.15, 0.2) is 12.7 Å². The number of benzene rings is 1. The number of halogens is 2. The topological polar surface area (TPSA) is 195 Å². The van der Waals surface area contributed by atoms with Crippen LogP contribution in [0.3, 0.4) is 0 Å². The number of nitrogens with zero attached hydrogens (tertiary/aromatic N) is 3. The Hall–Kier alpha value is -1.90. The molecule has 0 N–H and O–H groups in total. The van der Waals surface area contributed by atoms with Crippen LogP contribution in [0, 0.1) is 20.5 Å². The summed E-state index contributed by atoms with van der Waals surface area (Å²) >= 11 is 0. The second-order valence-electron chi connectivity index (χ2n) is 5.84. The van der Waals surface area contributed by atoms with Crippen molar-refractivity contribution in [2.45, 2.75) is 0 Å². The third-order valence-electron chi connectivity index (χ3n) is 3.50. The smallest absolute Gasteiger partial charge is 0.290 e. The molecule has 1 aromatic heterocycles. The molecular formula is C16H19Cl2N3O8. The molecule has 0 unspecified atom stereocenters. The highest BCUT2D eigenvalue weighted by molar-refractivity contribution is 5.95. The first kappa shape index (κ1) is 25.1. The molecule has 160 valence electrons. The molecule has 0 fully saturated rings. The van der Waals surface area contributed by atoms with Gasteiger partial charge in [-0.15, -0.1) is 20.5 Å². The molecule has 0 saturated carbocycles. The number of aromatic nitrogens is 1. The molecule has 3 rings (SSSR count). The molecule has 0 radical (unpaired) electrons. The van der Waals surface area contributed by atoms with Crippen molar-refractivity contribution in [2.24, 2.45) is 0 Å². The average molecular weight is 452 g/mol. The fourth-order valence-electron chi connectivity index (χ4n) is 2.44. The van der Waals surface area contributed by atoms with E-state index in [4.69, 9.17) is 37.3 Å². The molecule has 0 spiro atoms. The number of rotatable bonds is 1. The average Bonchev–Trinajstić information content (AvgIpc) is 2.72. The maximum atomic E-state index is 8.49. The van der Waals surface area contributed by atoms with E-state index in [9.17, 15) is 0 Å². The lowest BCUT2D eigenvalue weighted by molar-refractivity contribution is -2.00. The Kier molecular flexibility index (Phi) is 9.32. The van der Waals surface area contributed by atoms with Gasteiger partial charge in [0.05, 0.1) is 12.7 Å². The van der Waals surface area contributed by atoms with E-state index >= 15 is 0 Å². The van der Waals surface area contributed by atoms with Gasteiger partial charge in [0.25, 0.3) is 5.70 Å². The Morgan fingerprint density at radius 3 is 1.97 bits per heavy atom. The van der Waals surface area contributed by atoms with Gasteiger partial charge in [-0.3, -0.25) is 0 Å². The summed E-state index contributed by atoms with van der Waals surface area (Å²) in [5, 5.41) is 1.26. The number of hydrogen-bond donors (Lipinski definition) is 0. The van der Waals surface area contributed by atoms with Crippen LogP contribution in [-0.4, -0.2) is 42.9 Å². The highest BCUT2D eigenvalue weighted by atomic mass is 35.7. The van der Waals surface area contributed by atoms with Gasteiger partial charge >= 0.3 is 0 Å². The van der Waals surface area contributed by atoms with Gasteiger partial charge in [-0.1, -0.05) is 12.1 Å². The molecule has 13 heteroatoms. The van der Waals surface area contributed by atoms with Crippen molar-refractivity contribution in [1.82, 2.24) is 4.90 Å². The van der Waals surface area contributed by atoms with E-state index in [1.165, 1.54) is 16.6 Å². The zero-order valence-corrected chi connectivity index (χ0v) is 17.0. The maximum absolute atomic E-state index is 8.49. The Morgan fingerprint density at radius 1 is 0.862 bits per heavy atom. The molecule has 1 aliphatic heterocycles. The Balaban J connectivity index is 0.000000353. The summed E-state index contributed by atoms with van der Waals surface area (Å²) in [6, 6.07) is 12.7. The Morgan fingerprint density at radius 2 is 1.38 bits per heavy atom. The van der Waals surface area contributed by atoms with Gasteiger partial charge in [0.1, 0.15) is 7.05 Å². The second kappa shape index (κ2) is 10.8. The summed E-state index contributed by atoms with van der Waals surface area (Å²) in [6.07, 6.45) is 6.53. The van der Waals surface area contributed by atoms with Crippen molar-refractivity contribution in [3.05, 3.63) is 48.8 Å². The van der Waals surface area contributed by atoms with Gasteiger partial charge in [0.2, 0.25) is 11.7 Å². The van der Waals surface area contributed by atoms with Crippen LogP contribution in [0.5, 0.6) is 0 Å². The molecule has 0 aliphatic carbocycles. The van der Waals surface area contributed by atoms with Crippen molar-refractivity contribution in [3.63, 3.8) is 0 Å². The summed E-state index contributed by atoms with van der Waals surface area (Å²) in [5.41, 5.74) is 2.43. The molecule has 0 bridgehead atoms. The lowest BCUT2D eigenvalue weighted by Gasteiger charge is -2.17. The summed E-state index contributed by atoms with van der Waals surface area (Å²) in [7, 11) is -5.64. The normalized spacial score (nSPS) is 14.6. The SMILES string of the molecule is CN1C=C([n+]2cccc3ccccc32)C=[N+](C)CC1.[O-][Cl+3]([O-])([O-])[O-].[O-][Cl+3]([O-])([O-])[O-]. The molecule has 2 heterocycles. The van der Waals surface area contributed by atoms with E-state index < -0.39 is 20.5 Å². The minimum atomic E-state index is -4.94. The molecule has 29 heavy (non-hydrogen) atoms. The van der Waals surface area contributed by atoms with Crippen LogP contribution in [0.4, 0.5) is 0 Å². The molecule has 0 atom stereocenters. The number of para-hydroxylation sites is 1. The van der Waals surface area contributed by atoms with E-state index in [1.807, 2.05) is 0 Å². The third kappa shape index (κ3) is 11.6. The van der Waals surface area contributed by atoms with E-state index in [2.05, 4.69) is 83.1 Å². The van der Waals surface area contributed by atoms with Gasteiger partial charge in [-0.2, -0.15) is 4.57 Å². The quantitative estimate of drug-likeness (QED) is 0.378. The van der Waals surface area contributed by atoms with Gasteiger partial charge in [-0.25, -0.2) is 41.8 Å². The maximum Gasteiger partial charge on any atom is 0.290 e. The molecule has 0 amide bonds. The number of hydrogen-bond acceptors (Lipinski definition) is 9. The highest BCUT2D eigenvalue weighted by Gasteiger charge is 2.19. The zero-order valence-electron chi connectivity index (χ0n) is 15.5. The van der Waals surface area contributed by atoms with Crippen LogP contribution in [0.15, 0.2) is 48.8 Å². The standard InChI is InChI=1S/C16H19N3.2ClHO4/c1-17-10-11-18(2)13-15(12-17)19-9-5-7-14-6-3-4-8-16(14)19;2*2-1(3,4)5/h3-9,12-13H,10-11H2,1-2H3;2*(H,2,3,4,5)/q+2;;/p-2. The van der Waals surface area contributed by atoms with Crippen molar-refractivity contribution in [2.75, 3.05) is 27.2 Å². The minimum absolute atomic E-state index is 1.04. The number of allylic oxidation sites excluding steroid dienone is 1. The number of fused-ring (bicyclic) bond motifs is 1. The first-order chi connectivity index (χ1) is 13.2. The first-order valence-corrected chi connectivity index (χ1v) is 10.3. The van der Waals surface area contributed by atoms with Crippen LogP contribution in [0.2, 0.25) is 0 Å². The van der Waals surface area contributed by atoms with E-state index in [-0.39, 0.29) is 0 Å². The van der Waals surface area contributed by atoms with Crippen LogP contribution < -0.4 is 41.8 Å². The molecule has 2 aromatic rings. The van der Waals surface area contributed by atoms with Gasteiger partial charge in [0, 0.05) is 24.6 Å². The van der Waals surface area contributed by atoms with Crippen LogP contribution in [0.1, 0.15) is 0 Å². The van der Waals surface area contributed by atoms with E-state index in [0.29, 0.717) is 0 Å². The lowest BCUT2D eigenvalue weighted by atomic mass is 10.2. The molecule has 1 aliphatic rings. The van der Waals surface area contributed by atoms with Crippen molar-refractivity contribution >= 4 is 22.8 Å². The first-order valence-electron chi connectivity index (χ1n) is 7.84. The fourth-order valence-corrected chi connectivity index (χ4v) is 2.44. The van der Waals surface area contributed by atoms with Crippen LogP contribution in [0.25, 0.3) is 16.6 Å². The number of likely N-dealkylation sites (N-methyl/N-ethyl adjacent to an activating group) is 2. The molecular weight excluding hydrogens is 433 g/mol. The summed E-state index contributed by atoms with van der Waals surface area (Å²) < 4.78 is 72.4. The van der Waals surface area contributed by atoms with Gasteiger partial charge < -0.3 is 4.90 Å². The zero-order chi connectivity index (χ0) is 22.2. The molecule has 0 saturated heterocycles. The minimum Gasteiger partial charge on any atom is -0.369 e. The monoisotopic (exact) mass is 451 g/mol.